The highest BCUT2D eigenvalue weighted by atomic mass is 32.1. The van der Waals surface area contributed by atoms with Crippen molar-refractivity contribution in [2.45, 2.75) is 19.8 Å². The van der Waals surface area contributed by atoms with E-state index in [0.29, 0.717) is 11.3 Å². The van der Waals surface area contributed by atoms with Crippen LogP contribution in [0.25, 0.3) is 0 Å². The Morgan fingerprint density at radius 3 is 2.59 bits per heavy atom. The van der Waals surface area contributed by atoms with E-state index in [1.165, 1.54) is 11.3 Å². The standard InChI is InChI=1S/C14H14O2S/c1-10-9-17-14(13(10)16)12(15)8-7-11-5-3-2-4-6-11/h2-6,9,16H,7-8H2,1H3. The van der Waals surface area contributed by atoms with Crippen molar-refractivity contribution in [1.82, 2.24) is 0 Å². The van der Waals surface area contributed by atoms with E-state index in [9.17, 15) is 9.90 Å². The zero-order valence-corrected chi connectivity index (χ0v) is 10.5. The van der Waals surface area contributed by atoms with Gasteiger partial charge in [-0.15, -0.1) is 11.3 Å². The summed E-state index contributed by atoms with van der Waals surface area (Å²) < 4.78 is 0. The van der Waals surface area contributed by atoms with E-state index in [1.54, 1.807) is 6.92 Å². The molecule has 2 aromatic rings. The van der Waals surface area contributed by atoms with E-state index in [1.807, 2.05) is 35.7 Å². The third kappa shape index (κ3) is 2.74. The Kier molecular flexibility index (Phi) is 3.59. The second-order valence-corrected chi connectivity index (χ2v) is 4.88. The number of ketones is 1. The van der Waals surface area contributed by atoms with Crippen molar-refractivity contribution in [1.29, 1.82) is 0 Å². The summed E-state index contributed by atoms with van der Waals surface area (Å²) in [6, 6.07) is 9.90. The third-order valence-corrected chi connectivity index (χ3v) is 3.81. The normalized spacial score (nSPS) is 10.4. The summed E-state index contributed by atoms with van der Waals surface area (Å²) in [5.74, 6) is 0.164. The Balaban J connectivity index is 2.01. The van der Waals surface area contributed by atoms with Gasteiger partial charge < -0.3 is 5.11 Å². The van der Waals surface area contributed by atoms with Crippen molar-refractivity contribution in [3.8, 4) is 5.75 Å². The highest BCUT2D eigenvalue weighted by Gasteiger charge is 2.14. The molecule has 0 radical (unpaired) electrons. The summed E-state index contributed by atoms with van der Waals surface area (Å²) in [4.78, 5) is 12.4. The van der Waals surface area contributed by atoms with Crippen LogP contribution in [-0.2, 0) is 6.42 Å². The van der Waals surface area contributed by atoms with Gasteiger partial charge in [0.05, 0.1) is 0 Å². The zero-order valence-electron chi connectivity index (χ0n) is 9.64. The van der Waals surface area contributed by atoms with Gasteiger partial charge in [-0.05, 0) is 24.3 Å². The molecule has 3 heteroatoms. The quantitative estimate of drug-likeness (QED) is 0.837. The third-order valence-electron chi connectivity index (χ3n) is 2.68. The Bertz CT molecular complexity index is 514. The second-order valence-electron chi connectivity index (χ2n) is 4.01. The molecule has 0 aliphatic heterocycles. The zero-order chi connectivity index (χ0) is 12.3. The van der Waals surface area contributed by atoms with E-state index in [4.69, 9.17) is 0 Å². The molecule has 88 valence electrons. The van der Waals surface area contributed by atoms with Gasteiger partial charge in [-0.1, -0.05) is 30.3 Å². The molecule has 0 unspecified atom stereocenters. The smallest absolute Gasteiger partial charge is 0.176 e. The average Bonchev–Trinajstić information content (AvgIpc) is 2.69. The lowest BCUT2D eigenvalue weighted by Crippen LogP contribution is -1.99. The van der Waals surface area contributed by atoms with E-state index < -0.39 is 0 Å². The van der Waals surface area contributed by atoms with Gasteiger partial charge in [0.1, 0.15) is 10.6 Å². The van der Waals surface area contributed by atoms with Crippen molar-refractivity contribution in [3.63, 3.8) is 0 Å². The van der Waals surface area contributed by atoms with E-state index >= 15 is 0 Å². The van der Waals surface area contributed by atoms with Gasteiger partial charge in [-0.3, -0.25) is 4.79 Å². The van der Waals surface area contributed by atoms with Crippen LogP contribution in [0.4, 0.5) is 0 Å². The molecule has 0 spiro atoms. The summed E-state index contributed by atoms with van der Waals surface area (Å²) in [6.07, 6.45) is 1.16. The lowest BCUT2D eigenvalue weighted by molar-refractivity contribution is 0.0984. The number of aryl methyl sites for hydroxylation is 2. The molecule has 0 saturated carbocycles. The molecule has 1 aromatic heterocycles. The van der Waals surface area contributed by atoms with Crippen LogP contribution >= 0.6 is 11.3 Å². The molecule has 2 nitrogen and oxygen atoms in total. The predicted molar refractivity (Wildman–Crippen MR) is 69.8 cm³/mol. The molecule has 0 atom stereocenters. The van der Waals surface area contributed by atoms with Crippen LogP contribution < -0.4 is 0 Å². The van der Waals surface area contributed by atoms with Crippen LogP contribution in [0, 0.1) is 6.92 Å². The molecular weight excluding hydrogens is 232 g/mol. The van der Waals surface area contributed by atoms with E-state index in [0.717, 1.165) is 17.5 Å². The summed E-state index contributed by atoms with van der Waals surface area (Å²) in [5, 5.41) is 11.5. The van der Waals surface area contributed by atoms with Crippen LogP contribution in [0.3, 0.4) is 0 Å². The van der Waals surface area contributed by atoms with Gasteiger partial charge in [0, 0.05) is 12.0 Å². The minimum atomic E-state index is 0.0180. The molecule has 1 heterocycles. The lowest BCUT2D eigenvalue weighted by Gasteiger charge is -2.00. The molecule has 0 aliphatic carbocycles. The Morgan fingerprint density at radius 2 is 2.00 bits per heavy atom. The molecule has 0 amide bonds. The molecular formula is C14H14O2S. The van der Waals surface area contributed by atoms with Crippen LogP contribution in [0.15, 0.2) is 35.7 Å². The van der Waals surface area contributed by atoms with Crippen molar-refractivity contribution >= 4 is 17.1 Å². The Labute approximate surface area is 105 Å². The fourth-order valence-electron chi connectivity index (χ4n) is 1.65. The minimum absolute atomic E-state index is 0.0180. The number of carbonyl (C=O) groups excluding carboxylic acids is 1. The fourth-order valence-corrected chi connectivity index (χ4v) is 2.56. The maximum Gasteiger partial charge on any atom is 0.176 e. The topological polar surface area (TPSA) is 37.3 Å². The average molecular weight is 246 g/mol. The fraction of sp³-hybridized carbons (Fsp3) is 0.214. The molecule has 0 bridgehead atoms. The van der Waals surface area contributed by atoms with Gasteiger partial charge in [-0.25, -0.2) is 0 Å². The molecule has 1 N–H and O–H groups in total. The maximum absolute atomic E-state index is 11.9. The Morgan fingerprint density at radius 1 is 1.29 bits per heavy atom. The number of aromatic hydroxyl groups is 1. The summed E-state index contributed by atoms with van der Waals surface area (Å²) in [6.45, 7) is 1.81. The molecule has 0 fully saturated rings. The maximum atomic E-state index is 11.9. The predicted octanol–water partition coefficient (Wildman–Crippen LogP) is 3.58. The number of benzene rings is 1. The molecule has 0 saturated heterocycles. The van der Waals surface area contributed by atoms with Gasteiger partial charge >= 0.3 is 0 Å². The van der Waals surface area contributed by atoms with Crippen LogP contribution in [0.1, 0.15) is 27.2 Å². The van der Waals surface area contributed by atoms with Crippen LogP contribution in [-0.4, -0.2) is 10.9 Å². The summed E-state index contributed by atoms with van der Waals surface area (Å²) in [5.41, 5.74) is 1.92. The van der Waals surface area contributed by atoms with Crippen molar-refractivity contribution in [3.05, 3.63) is 51.7 Å². The number of thiophene rings is 1. The monoisotopic (exact) mass is 246 g/mol. The highest BCUT2D eigenvalue weighted by Crippen LogP contribution is 2.29. The first-order valence-electron chi connectivity index (χ1n) is 5.52. The van der Waals surface area contributed by atoms with Crippen molar-refractivity contribution in [2.24, 2.45) is 0 Å². The largest absolute Gasteiger partial charge is 0.506 e. The number of rotatable bonds is 4. The summed E-state index contributed by atoms with van der Waals surface area (Å²) >= 11 is 1.32. The lowest BCUT2D eigenvalue weighted by atomic mass is 10.1. The number of Topliss-reactive ketones (excluding diaryl/α,β-unsaturated/α-hetero) is 1. The van der Waals surface area contributed by atoms with E-state index in [-0.39, 0.29) is 11.5 Å². The first kappa shape index (κ1) is 11.9. The minimum Gasteiger partial charge on any atom is -0.506 e. The van der Waals surface area contributed by atoms with Gasteiger partial charge in [0.25, 0.3) is 0 Å². The van der Waals surface area contributed by atoms with Gasteiger partial charge in [-0.2, -0.15) is 0 Å². The molecule has 0 aliphatic rings. The SMILES string of the molecule is Cc1csc(C(=O)CCc2ccccc2)c1O. The first-order chi connectivity index (χ1) is 8.18. The van der Waals surface area contributed by atoms with Crippen molar-refractivity contribution in [2.75, 3.05) is 0 Å². The molecule has 1 aromatic carbocycles. The van der Waals surface area contributed by atoms with Gasteiger partial charge in [0.15, 0.2) is 5.78 Å². The summed E-state index contributed by atoms with van der Waals surface area (Å²) in [7, 11) is 0. The van der Waals surface area contributed by atoms with Crippen LogP contribution in [0.5, 0.6) is 5.75 Å². The Hall–Kier alpha value is -1.61. The number of hydrogen-bond donors (Lipinski definition) is 1. The highest BCUT2D eigenvalue weighted by molar-refractivity contribution is 7.12. The van der Waals surface area contributed by atoms with E-state index in [2.05, 4.69) is 0 Å². The van der Waals surface area contributed by atoms with Gasteiger partial charge in [0.2, 0.25) is 0 Å². The number of carbonyl (C=O) groups is 1. The molecule has 17 heavy (non-hydrogen) atoms. The van der Waals surface area contributed by atoms with Crippen molar-refractivity contribution < 1.29 is 9.90 Å². The number of hydrogen-bond acceptors (Lipinski definition) is 3. The second kappa shape index (κ2) is 5.15. The first-order valence-corrected chi connectivity index (χ1v) is 6.40. The molecule has 2 rings (SSSR count). The van der Waals surface area contributed by atoms with Crippen LogP contribution in [0.2, 0.25) is 0 Å².